The van der Waals surface area contributed by atoms with E-state index in [0.29, 0.717) is 12.1 Å². The molecule has 0 aliphatic heterocycles. The van der Waals surface area contributed by atoms with Crippen LogP contribution in [-0.2, 0) is 27.7 Å². The van der Waals surface area contributed by atoms with Gasteiger partial charge in [0.2, 0.25) is 10.0 Å². The van der Waals surface area contributed by atoms with Crippen LogP contribution in [0, 0.1) is 0 Å². The van der Waals surface area contributed by atoms with Crippen molar-refractivity contribution in [3.05, 3.63) is 137 Å². The first-order chi connectivity index (χ1) is 23.3. The van der Waals surface area contributed by atoms with Gasteiger partial charge in [0.1, 0.15) is 0 Å². The number of benzene rings is 4. The van der Waals surface area contributed by atoms with E-state index < -0.39 is 40.0 Å². The number of aliphatic hydroxyl groups excluding tert-OH is 1. The Morgan fingerprint density at radius 2 is 1.39 bits per heavy atom. The van der Waals surface area contributed by atoms with Gasteiger partial charge in [-0.15, -0.1) is 0 Å². The SMILES string of the molecule is COC(=O)c1cccc(CNCC(O)C(Cc2ccccc2)NC(=O)c2cc(C(=O)NC(C)c3ccccc3)cc(N(C)S(C)(=O)=O)c2)c1. The maximum atomic E-state index is 13.8. The summed E-state index contributed by atoms with van der Waals surface area (Å²) in [6.07, 6.45) is 0.268. The smallest absolute Gasteiger partial charge is 0.337 e. The Kier molecular flexibility index (Phi) is 12.7. The van der Waals surface area contributed by atoms with Gasteiger partial charge in [-0.2, -0.15) is 0 Å². The number of carbonyl (C=O) groups excluding carboxylic acids is 3. The molecule has 0 aromatic heterocycles. The van der Waals surface area contributed by atoms with Crippen molar-refractivity contribution >= 4 is 33.5 Å². The predicted molar refractivity (Wildman–Crippen MR) is 189 cm³/mol. The lowest BCUT2D eigenvalue weighted by molar-refractivity contribution is 0.0600. The summed E-state index contributed by atoms with van der Waals surface area (Å²) < 4.78 is 30.7. The number of hydrogen-bond donors (Lipinski definition) is 4. The molecular formula is C37H42N4O7S. The molecule has 4 N–H and O–H groups in total. The molecule has 11 nitrogen and oxygen atoms in total. The summed E-state index contributed by atoms with van der Waals surface area (Å²) in [6.45, 7) is 2.27. The number of rotatable bonds is 15. The number of carbonyl (C=O) groups is 3. The summed E-state index contributed by atoms with van der Waals surface area (Å²) in [5, 5.41) is 20.3. The number of nitrogens with zero attached hydrogens (tertiary/aromatic N) is 1. The highest BCUT2D eigenvalue weighted by molar-refractivity contribution is 7.92. The van der Waals surface area contributed by atoms with Crippen LogP contribution in [0.1, 0.15) is 60.7 Å². The van der Waals surface area contributed by atoms with Crippen molar-refractivity contribution in [3.8, 4) is 0 Å². The minimum atomic E-state index is -3.73. The highest BCUT2D eigenvalue weighted by atomic mass is 32.2. The standard InChI is InChI=1S/C37H42N4O7S/c1-25(28-15-9-6-10-16-28)39-35(43)30-20-31(22-32(21-30)41(2)49(4,46)47)36(44)40-33(19-26-12-7-5-8-13-26)34(42)24-38-23-27-14-11-17-29(18-27)37(45)48-3/h5-18,20-22,25,33-34,38,42H,19,23-24H2,1-4H3,(H,39,43)(H,40,44). The Labute approximate surface area is 287 Å². The molecule has 0 bridgehead atoms. The average molecular weight is 687 g/mol. The molecule has 4 aromatic carbocycles. The van der Waals surface area contributed by atoms with Crippen molar-refractivity contribution in [2.45, 2.75) is 38.1 Å². The van der Waals surface area contributed by atoms with Crippen LogP contribution >= 0.6 is 0 Å². The van der Waals surface area contributed by atoms with E-state index in [9.17, 15) is 27.9 Å². The lowest BCUT2D eigenvalue weighted by Crippen LogP contribution is -2.48. The summed E-state index contributed by atoms with van der Waals surface area (Å²) in [5.41, 5.74) is 3.23. The molecular weight excluding hydrogens is 644 g/mol. The van der Waals surface area contributed by atoms with Crippen molar-refractivity contribution < 1.29 is 32.6 Å². The number of anilines is 1. The molecule has 0 saturated carbocycles. The van der Waals surface area contributed by atoms with Crippen LogP contribution in [0.15, 0.2) is 103 Å². The van der Waals surface area contributed by atoms with E-state index >= 15 is 0 Å². The average Bonchev–Trinajstić information content (AvgIpc) is 3.10. The quantitative estimate of drug-likeness (QED) is 0.138. The van der Waals surface area contributed by atoms with Gasteiger partial charge in [-0.3, -0.25) is 13.9 Å². The van der Waals surface area contributed by atoms with Crippen LogP contribution in [0.2, 0.25) is 0 Å². The number of sulfonamides is 1. The molecule has 3 atom stereocenters. The molecule has 0 saturated heterocycles. The zero-order valence-electron chi connectivity index (χ0n) is 27.9. The fourth-order valence-corrected chi connectivity index (χ4v) is 5.68. The molecule has 4 aromatic rings. The molecule has 12 heteroatoms. The molecule has 4 rings (SSSR count). The largest absolute Gasteiger partial charge is 0.465 e. The second kappa shape index (κ2) is 16.9. The lowest BCUT2D eigenvalue weighted by atomic mass is 9.99. The second-order valence-electron chi connectivity index (χ2n) is 11.8. The molecule has 0 aliphatic rings. The summed E-state index contributed by atoms with van der Waals surface area (Å²) in [7, 11) is -1.08. The molecule has 2 amide bonds. The first-order valence-electron chi connectivity index (χ1n) is 15.7. The predicted octanol–water partition coefficient (Wildman–Crippen LogP) is 3.85. The Bertz CT molecular complexity index is 1850. The third-order valence-corrected chi connectivity index (χ3v) is 9.27. The van der Waals surface area contributed by atoms with E-state index in [0.717, 1.165) is 27.3 Å². The number of esters is 1. The van der Waals surface area contributed by atoms with E-state index in [1.54, 1.807) is 18.2 Å². The molecule has 0 fully saturated rings. The minimum absolute atomic E-state index is 0.0448. The minimum Gasteiger partial charge on any atom is -0.465 e. The van der Waals surface area contributed by atoms with Gasteiger partial charge in [0, 0.05) is 31.3 Å². The van der Waals surface area contributed by atoms with Crippen LogP contribution in [0.25, 0.3) is 0 Å². The topological polar surface area (TPSA) is 154 Å². The molecule has 0 aliphatic carbocycles. The fraction of sp³-hybridized carbons (Fsp3) is 0.270. The van der Waals surface area contributed by atoms with Gasteiger partial charge >= 0.3 is 5.97 Å². The molecule has 258 valence electrons. The number of methoxy groups -OCH3 is 1. The third kappa shape index (κ3) is 10.5. The Balaban J connectivity index is 1.57. The molecule has 0 heterocycles. The summed E-state index contributed by atoms with van der Waals surface area (Å²) >= 11 is 0. The van der Waals surface area contributed by atoms with Crippen molar-refractivity contribution in [2.24, 2.45) is 0 Å². The highest BCUT2D eigenvalue weighted by Gasteiger charge is 2.25. The maximum absolute atomic E-state index is 13.8. The number of ether oxygens (including phenoxy) is 1. The lowest BCUT2D eigenvalue weighted by Gasteiger charge is -2.26. The third-order valence-electron chi connectivity index (χ3n) is 8.06. The van der Waals surface area contributed by atoms with Gasteiger partial charge in [-0.1, -0.05) is 72.8 Å². The van der Waals surface area contributed by atoms with Crippen molar-refractivity contribution in [2.75, 3.05) is 31.3 Å². The molecule has 0 spiro atoms. The van der Waals surface area contributed by atoms with Crippen LogP contribution in [0.5, 0.6) is 0 Å². The molecule has 3 unspecified atom stereocenters. The van der Waals surface area contributed by atoms with Gasteiger partial charge < -0.3 is 25.8 Å². The van der Waals surface area contributed by atoms with Gasteiger partial charge in [0.05, 0.1) is 42.8 Å². The summed E-state index contributed by atoms with van der Waals surface area (Å²) in [5.74, 6) is -1.54. The number of hydrogen-bond acceptors (Lipinski definition) is 8. The van der Waals surface area contributed by atoms with Crippen molar-refractivity contribution in [1.82, 2.24) is 16.0 Å². The van der Waals surface area contributed by atoms with E-state index in [4.69, 9.17) is 4.74 Å². The highest BCUT2D eigenvalue weighted by Crippen LogP contribution is 2.22. The molecule has 0 radical (unpaired) electrons. The zero-order valence-corrected chi connectivity index (χ0v) is 28.7. The van der Waals surface area contributed by atoms with Gasteiger partial charge in [-0.05, 0) is 60.4 Å². The normalized spacial score (nSPS) is 13.1. The fourth-order valence-electron chi connectivity index (χ4n) is 5.19. The number of aliphatic hydroxyl groups is 1. The van der Waals surface area contributed by atoms with Crippen molar-refractivity contribution in [3.63, 3.8) is 0 Å². The van der Waals surface area contributed by atoms with E-state index in [-0.39, 0.29) is 35.8 Å². The van der Waals surface area contributed by atoms with E-state index in [1.165, 1.54) is 32.4 Å². The Morgan fingerprint density at radius 1 is 0.796 bits per heavy atom. The van der Waals surface area contributed by atoms with Crippen LogP contribution < -0.4 is 20.3 Å². The Morgan fingerprint density at radius 3 is 2.00 bits per heavy atom. The summed E-state index contributed by atoms with van der Waals surface area (Å²) in [6, 6.07) is 28.7. The van der Waals surface area contributed by atoms with Gasteiger partial charge in [0.25, 0.3) is 11.8 Å². The Hall–Kier alpha value is -5.04. The van der Waals surface area contributed by atoms with Crippen LogP contribution in [0.3, 0.4) is 0 Å². The molecule has 49 heavy (non-hydrogen) atoms. The maximum Gasteiger partial charge on any atom is 0.337 e. The van der Waals surface area contributed by atoms with Crippen LogP contribution in [-0.4, -0.2) is 70.4 Å². The summed E-state index contributed by atoms with van der Waals surface area (Å²) in [4.78, 5) is 39.2. The van der Waals surface area contributed by atoms with E-state index in [1.807, 2.05) is 73.7 Å². The van der Waals surface area contributed by atoms with Crippen molar-refractivity contribution in [1.29, 1.82) is 0 Å². The van der Waals surface area contributed by atoms with Gasteiger partial charge in [0.15, 0.2) is 0 Å². The first kappa shape index (κ1) is 36.8. The van der Waals surface area contributed by atoms with Crippen LogP contribution in [0.4, 0.5) is 5.69 Å². The van der Waals surface area contributed by atoms with Gasteiger partial charge in [-0.25, -0.2) is 13.2 Å². The zero-order chi connectivity index (χ0) is 35.6. The number of nitrogens with one attached hydrogen (secondary N) is 3. The second-order valence-corrected chi connectivity index (χ2v) is 13.8. The monoisotopic (exact) mass is 686 g/mol. The van der Waals surface area contributed by atoms with E-state index in [2.05, 4.69) is 16.0 Å². The number of amides is 2. The first-order valence-corrected chi connectivity index (χ1v) is 17.6.